The number of piperidine rings is 1. The van der Waals surface area contributed by atoms with E-state index in [1.807, 2.05) is 0 Å². The molecule has 1 aliphatic carbocycles. The number of nitrogens with zero attached hydrogens (tertiary/aromatic N) is 2. The van der Waals surface area contributed by atoms with Crippen molar-refractivity contribution in [3.8, 4) is 0 Å². The lowest BCUT2D eigenvalue weighted by atomic mass is 9.87. The first-order chi connectivity index (χ1) is 13.5. The number of methoxy groups -OCH3 is 1. The molecular weight excluding hydrogens is 365 g/mol. The molecule has 2 heterocycles. The van der Waals surface area contributed by atoms with E-state index in [0.29, 0.717) is 31.2 Å². The number of nitrogens with one attached hydrogen (secondary N) is 2. The maximum atomic E-state index is 14.2. The zero-order chi connectivity index (χ0) is 20.0. The number of amides is 1. The summed E-state index contributed by atoms with van der Waals surface area (Å²) in [5.74, 6) is -1.42. The summed E-state index contributed by atoms with van der Waals surface area (Å²) in [5.41, 5.74) is 5.08. The average molecular weight is 391 g/mol. The molecule has 1 unspecified atom stereocenters. The van der Waals surface area contributed by atoms with E-state index in [9.17, 15) is 9.18 Å². The van der Waals surface area contributed by atoms with E-state index in [-0.39, 0.29) is 5.69 Å². The van der Waals surface area contributed by atoms with Gasteiger partial charge in [-0.05, 0) is 38.1 Å². The quantitative estimate of drug-likeness (QED) is 0.446. The molecule has 4 N–H and O–H groups in total. The number of hydrogen-bond acceptors (Lipinski definition) is 7. The van der Waals surface area contributed by atoms with Crippen molar-refractivity contribution in [1.82, 2.24) is 20.6 Å². The zero-order valence-electron chi connectivity index (χ0n) is 15.9. The van der Waals surface area contributed by atoms with Crippen molar-refractivity contribution >= 4 is 5.91 Å². The van der Waals surface area contributed by atoms with Gasteiger partial charge in [0.15, 0.2) is 0 Å². The molecule has 8 nitrogen and oxygen atoms in total. The monoisotopic (exact) mass is 391 g/mol. The molecule has 1 aromatic rings. The van der Waals surface area contributed by atoms with Gasteiger partial charge in [0.25, 0.3) is 11.8 Å². The lowest BCUT2D eigenvalue weighted by Crippen LogP contribution is -2.52. The van der Waals surface area contributed by atoms with Crippen molar-refractivity contribution in [2.45, 2.75) is 30.7 Å². The van der Waals surface area contributed by atoms with Gasteiger partial charge in [0.05, 0.1) is 5.54 Å². The molecule has 1 aliphatic heterocycles. The number of nitrogens with two attached hydrogens (primary N) is 1. The fourth-order valence-electron chi connectivity index (χ4n) is 3.42. The Morgan fingerprint density at radius 2 is 2.21 bits per heavy atom. The molecule has 0 radical (unpaired) electrons. The number of aromatic nitrogens is 2. The molecule has 0 spiro atoms. The Morgan fingerprint density at radius 3 is 2.93 bits per heavy atom. The molecule has 3 rings (SSSR count). The van der Waals surface area contributed by atoms with Crippen molar-refractivity contribution in [2.24, 2.45) is 5.73 Å². The van der Waals surface area contributed by atoms with Crippen LogP contribution in [0.5, 0.6) is 0 Å². The van der Waals surface area contributed by atoms with E-state index in [0.717, 1.165) is 25.9 Å². The average Bonchev–Trinajstić information content (AvgIpc) is 2.72. The molecule has 0 saturated carbocycles. The molecule has 152 valence electrons. The molecular formula is C19H26FN5O3. The summed E-state index contributed by atoms with van der Waals surface area (Å²) in [4.78, 5) is 20.2. The fourth-order valence-corrected chi connectivity index (χ4v) is 3.42. The van der Waals surface area contributed by atoms with E-state index in [1.54, 1.807) is 12.3 Å². The summed E-state index contributed by atoms with van der Waals surface area (Å²) in [6.07, 6.45) is 7.99. The minimum atomic E-state index is -1.92. The zero-order valence-corrected chi connectivity index (χ0v) is 15.9. The number of carbonyl (C=O) groups excluding carboxylic acids is 1. The molecule has 0 aromatic carbocycles. The second-order valence-electron chi connectivity index (χ2n) is 6.86. The number of ether oxygens (including phenoxy) is 2. The van der Waals surface area contributed by atoms with Gasteiger partial charge in [-0.3, -0.25) is 4.79 Å². The highest BCUT2D eigenvalue weighted by Crippen LogP contribution is 2.28. The van der Waals surface area contributed by atoms with E-state index in [4.69, 9.17) is 15.2 Å². The number of primary amides is 1. The molecule has 9 heteroatoms. The predicted octanol–water partition coefficient (Wildman–Crippen LogP) is 0.916. The van der Waals surface area contributed by atoms with Crippen LogP contribution in [0.3, 0.4) is 0 Å². The van der Waals surface area contributed by atoms with Crippen LogP contribution in [0.15, 0.2) is 36.3 Å². The summed E-state index contributed by atoms with van der Waals surface area (Å²) in [7, 11) is 1.31. The molecule has 0 bridgehead atoms. The first-order valence-electron chi connectivity index (χ1n) is 9.32. The molecule has 1 aromatic heterocycles. The highest BCUT2D eigenvalue weighted by atomic mass is 19.2. The van der Waals surface area contributed by atoms with Gasteiger partial charge in [0.1, 0.15) is 23.9 Å². The fraction of sp³-hybridized carbons (Fsp3) is 0.526. The van der Waals surface area contributed by atoms with Gasteiger partial charge in [-0.15, -0.1) is 0 Å². The third kappa shape index (κ3) is 4.73. The number of rotatable bonds is 8. The summed E-state index contributed by atoms with van der Waals surface area (Å²) >= 11 is 0. The summed E-state index contributed by atoms with van der Waals surface area (Å²) in [6.45, 7) is 2.46. The van der Waals surface area contributed by atoms with E-state index in [2.05, 4.69) is 20.6 Å². The van der Waals surface area contributed by atoms with Gasteiger partial charge >= 0.3 is 0 Å². The number of allylic oxidation sites excluding steroid dienone is 1. The second-order valence-corrected chi connectivity index (χ2v) is 6.86. The second kappa shape index (κ2) is 8.76. The lowest BCUT2D eigenvalue weighted by Gasteiger charge is -2.37. The van der Waals surface area contributed by atoms with Crippen LogP contribution in [0, 0.1) is 0 Å². The van der Waals surface area contributed by atoms with Gasteiger partial charge in [0.2, 0.25) is 0 Å². The van der Waals surface area contributed by atoms with E-state index >= 15 is 0 Å². The van der Waals surface area contributed by atoms with Crippen molar-refractivity contribution in [2.75, 3.05) is 33.4 Å². The van der Waals surface area contributed by atoms with Crippen LogP contribution < -0.4 is 16.4 Å². The van der Waals surface area contributed by atoms with Crippen molar-refractivity contribution in [1.29, 1.82) is 0 Å². The van der Waals surface area contributed by atoms with Gasteiger partial charge in [-0.25, -0.2) is 14.4 Å². The Hall–Kier alpha value is -2.36. The van der Waals surface area contributed by atoms with Crippen LogP contribution in [-0.2, 0) is 15.0 Å². The van der Waals surface area contributed by atoms with Gasteiger partial charge in [-0.1, -0.05) is 6.08 Å². The summed E-state index contributed by atoms with van der Waals surface area (Å²) in [5, 5.41) is 6.79. The van der Waals surface area contributed by atoms with Crippen LogP contribution in [-0.4, -0.2) is 55.1 Å². The van der Waals surface area contributed by atoms with Crippen LogP contribution in [0.1, 0.15) is 35.6 Å². The van der Waals surface area contributed by atoms with Crippen molar-refractivity contribution in [3.05, 3.63) is 47.8 Å². The Balaban J connectivity index is 1.64. The largest absolute Gasteiger partial charge is 0.496 e. The lowest BCUT2D eigenvalue weighted by molar-refractivity contribution is -0.0421. The van der Waals surface area contributed by atoms with E-state index < -0.39 is 17.3 Å². The first-order valence-corrected chi connectivity index (χ1v) is 9.32. The van der Waals surface area contributed by atoms with Crippen molar-refractivity contribution in [3.63, 3.8) is 0 Å². The molecule has 1 amide bonds. The molecule has 1 atom stereocenters. The van der Waals surface area contributed by atoms with Crippen LogP contribution in [0.2, 0.25) is 0 Å². The topological polar surface area (TPSA) is 111 Å². The number of alkyl halides is 1. The third-order valence-corrected chi connectivity index (χ3v) is 4.98. The Bertz CT molecular complexity index is 764. The first kappa shape index (κ1) is 20.4. The Labute approximate surface area is 163 Å². The van der Waals surface area contributed by atoms with Gasteiger partial charge in [-0.2, -0.15) is 0 Å². The number of carbonyl (C=O) groups is 1. The normalized spacial score (nSPS) is 23.9. The summed E-state index contributed by atoms with van der Waals surface area (Å²) in [6, 6.07) is 1.51. The molecule has 1 fully saturated rings. The minimum absolute atomic E-state index is 0.193. The highest BCUT2D eigenvalue weighted by molar-refractivity contribution is 5.90. The predicted molar refractivity (Wildman–Crippen MR) is 101 cm³/mol. The van der Waals surface area contributed by atoms with Crippen LogP contribution >= 0.6 is 0 Å². The molecule has 1 saturated heterocycles. The maximum absolute atomic E-state index is 14.2. The minimum Gasteiger partial charge on any atom is -0.496 e. The number of halogens is 1. The molecule has 28 heavy (non-hydrogen) atoms. The Kier molecular flexibility index (Phi) is 6.38. The van der Waals surface area contributed by atoms with Gasteiger partial charge in [0, 0.05) is 32.3 Å². The third-order valence-electron chi connectivity index (χ3n) is 4.98. The highest BCUT2D eigenvalue weighted by Gasteiger charge is 2.36. The number of hydrogen-bond donors (Lipinski definition) is 3. The van der Waals surface area contributed by atoms with Crippen molar-refractivity contribution < 1.29 is 18.7 Å². The standard InChI is InChI=1S/C19H26FN5O3/c1-27-19(20)5-2-3-14(13-19)28-12-11-24-18(6-9-22-10-7-18)17-23-8-4-15(25-17)16(21)26/h2,4-5,8,13,22,24H,3,6-7,9-12H2,1H3,(H2,21,26). The smallest absolute Gasteiger partial charge is 0.267 e. The summed E-state index contributed by atoms with van der Waals surface area (Å²) < 4.78 is 24.7. The maximum Gasteiger partial charge on any atom is 0.267 e. The van der Waals surface area contributed by atoms with Crippen LogP contribution in [0.25, 0.3) is 0 Å². The van der Waals surface area contributed by atoms with E-state index in [1.165, 1.54) is 25.3 Å². The van der Waals surface area contributed by atoms with Gasteiger partial charge < -0.3 is 25.8 Å². The van der Waals surface area contributed by atoms with Crippen LogP contribution in [0.4, 0.5) is 4.39 Å². The Morgan fingerprint density at radius 1 is 1.43 bits per heavy atom. The molecule has 2 aliphatic rings. The SMILES string of the molecule is COC1(F)C=CCC(OCCNC2(c3nccc(C(N)=O)n3)CCNCC2)=C1.